The summed E-state index contributed by atoms with van der Waals surface area (Å²) in [5.74, 6) is -2.89. The van der Waals surface area contributed by atoms with Gasteiger partial charge in [0.2, 0.25) is 5.78 Å². The first-order valence-electron chi connectivity index (χ1n) is 2.79. The van der Waals surface area contributed by atoms with Gasteiger partial charge in [-0.1, -0.05) is 6.92 Å². The van der Waals surface area contributed by atoms with Crippen molar-refractivity contribution in [3.63, 3.8) is 0 Å². The van der Waals surface area contributed by atoms with Crippen LogP contribution in [0.2, 0.25) is 0 Å². The molecule has 0 aliphatic heterocycles. The van der Waals surface area contributed by atoms with Crippen LogP contribution in [-0.4, -0.2) is 24.6 Å². The number of hydrogen-bond acceptors (Lipinski definition) is 4. The van der Waals surface area contributed by atoms with Gasteiger partial charge in [0, 0.05) is 6.42 Å². The van der Waals surface area contributed by atoms with Gasteiger partial charge in [0.25, 0.3) is 0 Å². The number of carbonyl (C=O) groups is 3. The lowest BCUT2D eigenvalue weighted by Gasteiger charge is -1.92. The van der Waals surface area contributed by atoms with E-state index in [-0.39, 0.29) is 6.42 Å². The number of rotatable bonds is 3. The van der Waals surface area contributed by atoms with Crippen LogP contribution < -0.4 is 0 Å². The Bertz CT molecular complexity index is 153. The van der Waals surface area contributed by atoms with Crippen LogP contribution in [-0.2, 0) is 19.1 Å². The van der Waals surface area contributed by atoms with Gasteiger partial charge in [-0.25, -0.2) is 4.79 Å². The second-order valence-electron chi connectivity index (χ2n) is 1.60. The predicted octanol–water partition coefficient (Wildman–Crippen LogP) is -0.292. The Balaban J connectivity index is 4.09. The molecule has 0 saturated carbocycles. The fourth-order valence-electron chi connectivity index (χ4n) is 0.367. The number of ketones is 2. The van der Waals surface area contributed by atoms with Gasteiger partial charge < -0.3 is 4.74 Å². The van der Waals surface area contributed by atoms with E-state index in [1.54, 1.807) is 0 Å². The highest BCUT2D eigenvalue weighted by Crippen LogP contribution is 1.85. The molecule has 0 bridgehead atoms. The van der Waals surface area contributed by atoms with E-state index < -0.39 is 17.5 Å². The van der Waals surface area contributed by atoms with E-state index in [0.717, 1.165) is 7.11 Å². The van der Waals surface area contributed by atoms with Crippen LogP contribution in [0.25, 0.3) is 0 Å². The smallest absolute Gasteiger partial charge is 0.382 e. The molecular formula is C6H8O4. The van der Waals surface area contributed by atoms with Gasteiger partial charge in [-0.05, 0) is 0 Å². The molecule has 0 aliphatic carbocycles. The minimum absolute atomic E-state index is 0.0356. The van der Waals surface area contributed by atoms with Gasteiger partial charge in [0.15, 0.2) is 0 Å². The molecule has 4 heteroatoms. The van der Waals surface area contributed by atoms with E-state index in [1.165, 1.54) is 6.92 Å². The Kier molecular flexibility index (Phi) is 3.32. The van der Waals surface area contributed by atoms with Crippen molar-refractivity contribution in [3.8, 4) is 0 Å². The SMILES string of the molecule is CCC(=O)C(=O)C(=O)OC. The van der Waals surface area contributed by atoms with E-state index in [9.17, 15) is 14.4 Å². The lowest BCUT2D eigenvalue weighted by atomic mass is 10.2. The Morgan fingerprint density at radius 1 is 1.30 bits per heavy atom. The van der Waals surface area contributed by atoms with Crippen LogP contribution in [0.15, 0.2) is 0 Å². The maximum atomic E-state index is 10.5. The fraction of sp³-hybridized carbons (Fsp3) is 0.500. The first-order valence-corrected chi connectivity index (χ1v) is 2.79. The monoisotopic (exact) mass is 144 g/mol. The van der Waals surface area contributed by atoms with Crippen molar-refractivity contribution in [2.45, 2.75) is 13.3 Å². The molecule has 0 heterocycles. The quantitative estimate of drug-likeness (QED) is 0.310. The average Bonchev–Trinajstić information content (AvgIpc) is 2.00. The van der Waals surface area contributed by atoms with Crippen molar-refractivity contribution < 1.29 is 19.1 Å². The first-order chi connectivity index (χ1) is 4.63. The largest absolute Gasteiger partial charge is 0.463 e. The highest BCUT2D eigenvalue weighted by Gasteiger charge is 2.20. The van der Waals surface area contributed by atoms with Crippen molar-refractivity contribution >= 4 is 17.5 Å². The summed E-state index contributed by atoms with van der Waals surface area (Å²) in [5, 5.41) is 0. The van der Waals surface area contributed by atoms with Crippen LogP contribution in [0.5, 0.6) is 0 Å². The van der Waals surface area contributed by atoms with Crippen molar-refractivity contribution in [2.24, 2.45) is 0 Å². The summed E-state index contributed by atoms with van der Waals surface area (Å²) in [6, 6.07) is 0. The molecule has 10 heavy (non-hydrogen) atoms. The van der Waals surface area contributed by atoms with Gasteiger partial charge in [0.1, 0.15) is 0 Å². The normalized spacial score (nSPS) is 8.60. The lowest BCUT2D eigenvalue weighted by Crippen LogP contribution is -2.24. The van der Waals surface area contributed by atoms with E-state index in [2.05, 4.69) is 4.74 Å². The summed E-state index contributed by atoms with van der Waals surface area (Å²) in [7, 11) is 1.06. The van der Waals surface area contributed by atoms with E-state index in [0.29, 0.717) is 0 Å². The molecule has 0 amide bonds. The number of hydrogen-bond donors (Lipinski definition) is 0. The van der Waals surface area contributed by atoms with Gasteiger partial charge in [-0.2, -0.15) is 0 Å². The molecule has 0 fully saturated rings. The first kappa shape index (κ1) is 8.81. The third-order valence-corrected chi connectivity index (χ3v) is 0.945. The molecule has 0 aliphatic rings. The molecule has 0 rings (SSSR count). The molecule has 0 aromatic carbocycles. The van der Waals surface area contributed by atoms with E-state index in [1.807, 2.05) is 0 Å². The fourth-order valence-corrected chi connectivity index (χ4v) is 0.367. The van der Waals surface area contributed by atoms with Crippen LogP contribution in [0, 0.1) is 0 Å². The van der Waals surface area contributed by atoms with Crippen LogP contribution in [0.3, 0.4) is 0 Å². The highest BCUT2D eigenvalue weighted by molar-refractivity contribution is 6.62. The zero-order valence-electron chi connectivity index (χ0n) is 5.84. The van der Waals surface area contributed by atoms with Crippen LogP contribution >= 0.6 is 0 Å². The third kappa shape index (κ3) is 1.97. The minimum Gasteiger partial charge on any atom is -0.463 e. The van der Waals surface area contributed by atoms with Gasteiger partial charge >= 0.3 is 11.8 Å². The van der Waals surface area contributed by atoms with Crippen molar-refractivity contribution in [1.82, 2.24) is 0 Å². The van der Waals surface area contributed by atoms with E-state index in [4.69, 9.17) is 0 Å². The molecule has 0 atom stereocenters. The number of ether oxygens (including phenoxy) is 1. The Morgan fingerprint density at radius 3 is 2.10 bits per heavy atom. The van der Waals surface area contributed by atoms with Crippen LogP contribution in [0.1, 0.15) is 13.3 Å². The van der Waals surface area contributed by atoms with Crippen molar-refractivity contribution in [3.05, 3.63) is 0 Å². The number of methoxy groups -OCH3 is 1. The summed E-state index contributed by atoms with van der Waals surface area (Å²) >= 11 is 0. The summed E-state index contributed by atoms with van der Waals surface area (Å²) in [4.78, 5) is 31.3. The summed E-state index contributed by atoms with van der Waals surface area (Å²) < 4.78 is 4.03. The standard InChI is InChI=1S/C6H8O4/c1-3-4(7)5(8)6(9)10-2/h3H2,1-2H3. The molecule has 56 valence electrons. The summed E-state index contributed by atoms with van der Waals surface area (Å²) in [6.07, 6.45) is 0.0356. The molecule has 0 radical (unpaired) electrons. The molecular weight excluding hydrogens is 136 g/mol. The maximum absolute atomic E-state index is 10.5. The predicted molar refractivity (Wildman–Crippen MR) is 32.3 cm³/mol. The second kappa shape index (κ2) is 3.76. The number of Topliss-reactive ketones (excluding diaryl/α,β-unsaturated/α-hetero) is 2. The molecule has 0 N–H and O–H groups in total. The van der Waals surface area contributed by atoms with E-state index >= 15 is 0 Å². The highest BCUT2D eigenvalue weighted by atomic mass is 16.5. The summed E-state index contributed by atoms with van der Waals surface area (Å²) in [6.45, 7) is 1.50. The summed E-state index contributed by atoms with van der Waals surface area (Å²) in [5.41, 5.74) is 0. The number of carbonyl (C=O) groups excluding carboxylic acids is 3. The van der Waals surface area contributed by atoms with Crippen LogP contribution in [0.4, 0.5) is 0 Å². The van der Waals surface area contributed by atoms with Gasteiger partial charge in [-0.3, -0.25) is 9.59 Å². The van der Waals surface area contributed by atoms with Crippen molar-refractivity contribution in [1.29, 1.82) is 0 Å². The molecule has 0 aromatic rings. The van der Waals surface area contributed by atoms with Crippen molar-refractivity contribution in [2.75, 3.05) is 7.11 Å². The number of esters is 1. The lowest BCUT2D eigenvalue weighted by molar-refractivity contribution is -0.154. The molecule has 0 aromatic heterocycles. The van der Waals surface area contributed by atoms with Gasteiger partial charge in [-0.15, -0.1) is 0 Å². The zero-order chi connectivity index (χ0) is 8.15. The topological polar surface area (TPSA) is 60.4 Å². The Hall–Kier alpha value is -1.19. The molecule has 0 spiro atoms. The zero-order valence-corrected chi connectivity index (χ0v) is 5.84. The maximum Gasteiger partial charge on any atom is 0.382 e. The Morgan fingerprint density at radius 2 is 1.80 bits per heavy atom. The third-order valence-electron chi connectivity index (χ3n) is 0.945. The second-order valence-corrected chi connectivity index (χ2v) is 1.60. The molecule has 0 saturated heterocycles. The molecule has 4 nitrogen and oxygen atoms in total. The minimum atomic E-state index is -1.09. The average molecular weight is 144 g/mol. The molecule has 0 unspecified atom stereocenters. The Labute approximate surface area is 58.2 Å². The van der Waals surface area contributed by atoms with Gasteiger partial charge in [0.05, 0.1) is 7.11 Å².